The monoisotopic (exact) mass is 150 g/mol. The fourth-order valence-corrected chi connectivity index (χ4v) is 0.182. The lowest BCUT2D eigenvalue weighted by atomic mass is 10.6. The summed E-state index contributed by atoms with van der Waals surface area (Å²) in [4.78, 5) is 20.3. The first-order valence-electron chi connectivity index (χ1n) is 2.21. The molecule has 0 unspecified atom stereocenters. The average molecular weight is 150 g/mol. The van der Waals surface area contributed by atoms with Crippen LogP contribution in [0.25, 0.3) is 0 Å². The number of hydrogen-bond acceptors (Lipinski definition) is 3. The predicted octanol–water partition coefficient (Wildman–Crippen LogP) is 0.0474. The standard InChI is InChI=1S/C6H6O3.Mg/c1-3-5(7)9-6(8)4-2;/h3-4H,1-2H2;. The molecule has 3 nitrogen and oxygen atoms in total. The Kier molecular flexibility index (Phi) is 7.87. The maximum atomic E-state index is 10.2. The Balaban J connectivity index is 0. The van der Waals surface area contributed by atoms with Gasteiger partial charge in [-0.15, -0.1) is 0 Å². The van der Waals surface area contributed by atoms with Gasteiger partial charge in [0.1, 0.15) is 0 Å². The van der Waals surface area contributed by atoms with Crippen LogP contribution < -0.4 is 0 Å². The molecule has 0 spiro atoms. The van der Waals surface area contributed by atoms with Crippen LogP contribution in [-0.2, 0) is 14.3 Å². The Morgan fingerprint density at radius 3 is 1.60 bits per heavy atom. The highest BCUT2D eigenvalue weighted by Gasteiger charge is 1.99. The van der Waals surface area contributed by atoms with E-state index in [1.165, 1.54) is 0 Å². The Labute approximate surface area is 74.9 Å². The summed E-state index contributed by atoms with van der Waals surface area (Å²) in [7, 11) is 0. The highest BCUT2D eigenvalue weighted by Crippen LogP contribution is 1.80. The molecule has 0 aliphatic carbocycles. The Bertz CT molecular complexity index is 144. The van der Waals surface area contributed by atoms with E-state index >= 15 is 0 Å². The first kappa shape index (κ1) is 12.1. The van der Waals surface area contributed by atoms with E-state index in [4.69, 9.17) is 0 Å². The van der Waals surface area contributed by atoms with E-state index < -0.39 is 11.9 Å². The Hall–Kier alpha value is -0.614. The van der Waals surface area contributed by atoms with Gasteiger partial charge in [-0.2, -0.15) is 0 Å². The van der Waals surface area contributed by atoms with Crippen molar-refractivity contribution in [2.45, 2.75) is 0 Å². The topological polar surface area (TPSA) is 43.4 Å². The van der Waals surface area contributed by atoms with E-state index in [0.717, 1.165) is 12.2 Å². The second kappa shape index (κ2) is 6.51. The van der Waals surface area contributed by atoms with Crippen molar-refractivity contribution in [1.29, 1.82) is 0 Å². The van der Waals surface area contributed by atoms with E-state index in [2.05, 4.69) is 17.9 Å². The summed E-state index contributed by atoms with van der Waals surface area (Å²) >= 11 is 0. The maximum absolute atomic E-state index is 10.2. The molecule has 0 heterocycles. The van der Waals surface area contributed by atoms with E-state index in [9.17, 15) is 9.59 Å². The van der Waals surface area contributed by atoms with Crippen LogP contribution >= 0.6 is 0 Å². The summed E-state index contributed by atoms with van der Waals surface area (Å²) in [5, 5.41) is 0. The first-order valence-corrected chi connectivity index (χ1v) is 2.21. The smallest absolute Gasteiger partial charge is 0.338 e. The summed E-state index contributed by atoms with van der Waals surface area (Å²) in [5.74, 6) is -1.53. The van der Waals surface area contributed by atoms with Gasteiger partial charge in [-0.05, 0) is 0 Å². The minimum Gasteiger partial charge on any atom is -0.387 e. The molecule has 0 aromatic heterocycles. The van der Waals surface area contributed by atoms with Crippen molar-refractivity contribution in [1.82, 2.24) is 0 Å². The number of carbonyl (C=O) groups excluding carboxylic acids is 2. The van der Waals surface area contributed by atoms with Gasteiger partial charge in [-0.25, -0.2) is 9.59 Å². The molecule has 4 heteroatoms. The number of hydrogen-bond donors (Lipinski definition) is 0. The lowest BCUT2D eigenvalue weighted by molar-refractivity contribution is -0.152. The van der Waals surface area contributed by atoms with Crippen LogP contribution in [0.5, 0.6) is 0 Å². The van der Waals surface area contributed by atoms with Gasteiger partial charge in [0, 0.05) is 35.2 Å². The first-order chi connectivity index (χ1) is 4.20. The van der Waals surface area contributed by atoms with E-state index in [1.54, 1.807) is 0 Å². The zero-order valence-corrected chi connectivity index (χ0v) is 6.91. The second-order valence-electron chi connectivity index (χ2n) is 1.15. The van der Waals surface area contributed by atoms with E-state index in [0.29, 0.717) is 0 Å². The predicted molar refractivity (Wildman–Crippen MR) is 37.2 cm³/mol. The van der Waals surface area contributed by atoms with Gasteiger partial charge >= 0.3 is 11.9 Å². The van der Waals surface area contributed by atoms with Gasteiger partial charge in [-0.3, -0.25) is 0 Å². The highest BCUT2D eigenvalue weighted by molar-refractivity contribution is 5.95. The van der Waals surface area contributed by atoms with E-state index in [1.807, 2.05) is 0 Å². The maximum Gasteiger partial charge on any atom is 0.338 e. The minimum atomic E-state index is -0.764. The molecule has 0 fully saturated rings. The SMILES string of the molecule is C=CC(=O)OC(=O)C=C.[Mg]. The molecule has 10 heavy (non-hydrogen) atoms. The third-order valence-corrected chi connectivity index (χ3v) is 0.535. The normalized spacial score (nSPS) is 6.80. The van der Waals surface area contributed by atoms with Crippen molar-refractivity contribution in [2.75, 3.05) is 0 Å². The van der Waals surface area contributed by atoms with Gasteiger partial charge in [0.15, 0.2) is 0 Å². The molecule has 0 aliphatic rings. The van der Waals surface area contributed by atoms with Crippen LogP contribution in [0.3, 0.4) is 0 Å². The molecular formula is C6H6MgO3. The van der Waals surface area contributed by atoms with Crippen LogP contribution in [0.4, 0.5) is 0 Å². The van der Waals surface area contributed by atoms with Gasteiger partial charge in [0.05, 0.1) is 0 Å². The fraction of sp³-hybridized carbons (Fsp3) is 0. The summed E-state index contributed by atoms with van der Waals surface area (Å²) in [6, 6.07) is 0. The molecular weight excluding hydrogens is 144 g/mol. The Morgan fingerprint density at radius 1 is 1.10 bits per heavy atom. The van der Waals surface area contributed by atoms with Crippen LogP contribution in [0.15, 0.2) is 25.3 Å². The molecule has 0 aromatic rings. The molecule has 0 bridgehead atoms. The zero-order chi connectivity index (χ0) is 7.28. The van der Waals surface area contributed by atoms with Crippen molar-refractivity contribution < 1.29 is 14.3 Å². The van der Waals surface area contributed by atoms with Crippen molar-refractivity contribution in [3.8, 4) is 0 Å². The number of esters is 2. The van der Waals surface area contributed by atoms with Gasteiger partial charge in [0.2, 0.25) is 0 Å². The third-order valence-electron chi connectivity index (χ3n) is 0.535. The van der Waals surface area contributed by atoms with Crippen molar-refractivity contribution in [3.05, 3.63) is 25.3 Å². The van der Waals surface area contributed by atoms with Gasteiger partial charge in [-0.1, -0.05) is 13.2 Å². The lowest BCUT2D eigenvalue weighted by Gasteiger charge is -1.90. The molecule has 0 aromatic carbocycles. The summed E-state index contributed by atoms with van der Waals surface area (Å²) in [6.07, 6.45) is 1.81. The summed E-state index contributed by atoms with van der Waals surface area (Å²) in [6.45, 7) is 6.17. The summed E-state index contributed by atoms with van der Waals surface area (Å²) < 4.78 is 4.03. The molecule has 0 amide bonds. The average Bonchev–Trinajstić information content (AvgIpc) is 1.87. The molecule has 0 rings (SSSR count). The third kappa shape index (κ3) is 5.52. The largest absolute Gasteiger partial charge is 0.387 e. The quantitative estimate of drug-likeness (QED) is 0.242. The lowest BCUT2D eigenvalue weighted by Crippen LogP contribution is -2.05. The molecule has 0 N–H and O–H groups in total. The number of ether oxygens (including phenoxy) is 1. The molecule has 50 valence electrons. The molecule has 2 radical (unpaired) electrons. The second-order valence-corrected chi connectivity index (χ2v) is 1.15. The highest BCUT2D eigenvalue weighted by atomic mass is 24.3. The van der Waals surface area contributed by atoms with Crippen molar-refractivity contribution in [3.63, 3.8) is 0 Å². The van der Waals surface area contributed by atoms with Crippen LogP contribution in [-0.4, -0.2) is 35.0 Å². The molecule has 0 saturated carbocycles. The Morgan fingerprint density at radius 2 is 1.40 bits per heavy atom. The number of rotatable bonds is 2. The van der Waals surface area contributed by atoms with Gasteiger partial charge < -0.3 is 4.74 Å². The number of carbonyl (C=O) groups is 2. The van der Waals surface area contributed by atoms with Crippen molar-refractivity contribution in [2.24, 2.45) is 0 Å². The minimum absolute atomic E-state index is 0. The zero-order valence-electron chi connectivity index (χ0n) is 5.50. The van der Waals surface area contributed by atoms with Crippen LogP contribution in [0, 0.1) is 0 Å². The fourth-order valence-electron chi connectivity index (χ4n) is 0.182. The van der Waals surface area contributed by atoms with Crippen LogP contribution in [0.2, 0.25) is 0 Å². The van der Waals surface area contributed by atoms with Gasteiger partial charge in [0.25, 0.3) is 0 Å². The van der Waals surface area contributed by atoms with Crippen LogP contribution in [0.1, 0.15) is 0 Å². The molecule has 0 atom stereocenters. The van der Waals surface area contributed by atoms with E-state index in [-0.39, 0.29) is 23.1 Å². The molecule has 0 saturated heterocycles. The molecule has 0 aliphatic heterocycles. The summed E-state index contributed by atoms with van der Waals surface area (Å²) in [5.41, 5.74) is 0. The van der Waals surface area contributed by atoms with Crippen molar-refractivity contribution >= 4 is 35.0 Å².